The molecule has 12 heavy (non-hydrogen) atoms. The minimum atomic E-state index is -0.914. The Balaban J connectivity index is -0.000000135. The molecule has 0 aromatic carbocycles. The van der Waals surface area contributed by atoms with Crippen LogP contribution >= 0.6 is 0 Å². The fourth-order valence-electron chi connectivity index (χ4n) is 0.329. The smallest absolute Gasteiger partial charge is 1.00 e. The molecule has 1 atom stereocenters. The molecule has 0 saturated carbocycles. The van der Waals surface area contributed by atoms with E-state index in [9.17, 15) is 4.79 Å². The third-order valence-electron chi connectivity index (χ3n) is 1.08. The van der Waals surface area contributed by atoms with E-state index in [0.717, 1.165) is 6.42 Å². The van der Waals surface area contributed by atoms with Crippen LogP contribution in [-0.2, 0) is 9.63 Å². The van der Waals surface area contributed by atoms with Gasteiger partial charge in [-0.05, 0) is 13.3 Å². The van der Waals surface area contributed by atoms with E-state index in [4.69, 9.17) is 9.94 Å². The Labute approximate surface area is 96.2 Å². The van der Waals surface area contributed by atoms with E-state index in [1.165, 1.54) is 0 Å². The molecule has 5 N–H and O–H groups in total. The van der Waals surface area contributed by atoms with Crippen molar-refractivity contribution in [2.24, 2.45) is 0 Å². The molecule has 0 spiro atoms. The molecule has 0 radical (unpaired) electrons. The molecule has 0 aliphatic rings. The number of rotatable bonds is 5. The predicted octanol–water partition coefficient (Wildman–Crippen LogP) is -2.33. The standard InChI is InChI=1S/C6H13NO3.H3N.Na.H/c1-3-5(2)10-7-4-6(8)9;;;/h5,7H,3-4H2,1-2H3,(H,8,9);1H3;;/q;;+1;-1. The summed E-state index contributed by atoms with van der Waals surface area (Å²) in [6.45, 7) is 3.69. The van der Waals surface area contributed by atoms with Gasteiger partial charge < -0.3 is 12.7 Å². The minimum Gasteiger partial charge on any atom is -1.00 e. The Bertz CT molecular complexity index is 118. The average Bonchev–Trinajstić information content (AvgIpc) is 1.87. The third kappa shape index (κ3) is 13.0. The van der Waals surface area contributed by atoms with Gasteiger partial charge >= 0.3 is 35.5 Å². The Hall–Kier alpha value is 0.350. The summed E-state index contributed by atoms with van der Waals surface area (Å²) >= 11 is 0. The summed E-state index contributed by atoms with van der Waals surface area (Å²) in [5, 5.41) is 8.16. The van der Waals surface area contributed by atoms with Crippen LogP contribution in [0.3, 0.4) is 0 Å². The monoisotopic (exact) mass is 188 g/mol. The van der Waals surface area contributed by atoms with Crippen molar-refractivity contribution in [2.45, 2.75) is 26.4 Å². The molecule has 0 aliphatic carbocycles. The zero-order valence-electron chi connectivity index (χ0n) is 8.96. The van der Waals surface area contributed by atoms with Crippen LogP contribution in [0.2, 0.25) is 0 Å². The summed E-state index contributed by atoms with van der Waals surface area (Å²) in [5.74, 6) is -0.914. The molecule has 0 heterocycles. The van der Waals surface area contributed by atoms with Crippen molar-refractivity contribution < 1.29 is 45.7 Å². The van der Waals surface area contributed by atoms with E-state index in [2.05, 4.69) is 5.48 Å². The first-order valence-corrected chi connectivity index (χ1v) is 3.27. The van der Waals surface area contributed by atoms with Crippen LogP contribution in [0.25, 0.3) is 0 Å². The van der Waals surface area contributed by atoms with Crippen LogP contribution in [0.4, 0.5) is 0 Å². The van der Waals surface area contributed by atoms with E-state index in [0.29, 0.717) is 0 Å². The zero-order valence-corrected chi connectivity index (χ0v) is 9.96. The van der Waals surface area contributed by atoms with Gasteiger partial charge in [0.15, 0.2) is 0 Å². The van der Waals surface area contributed by atoms with Gasteiger partial charge in [0.1, 0.15) is 6.54 Å². The van der Waals surface area contributed by atoms with Gasteiger partial charge in [-0.25, -0.2) is 0 Å². The second kappa shape index (κ2) is 11.4. The van der Waals surface area contributed by atoms with Crippen LogP contribution in [0, 0.1) is 0 Å². The van der Waals surface area contributed by atoms with E-state index in [-0.39, 0.29) is 49.8 Å². The summed E-state index contributed by atoms with van der Waals surface area (Å²) in [4.78, 5) is 14.8. The fourth-order valence-corrected chi connectivity index (χ4v) is 0.329. The first-order chi connectivity index (χ1) is 4.66. The predicted molar refractivity (Wildman–Crippen MR) is 42.6 cm³/mol. The molecule has 0 saturated heterocycles. The molecule has 0 fully saturated rings. The third-order valence-corrected chi connectivity index (χ3v) is 1.08. The van der Waals surface area contributed by atoms with Crippen molar-refractivity contribution in [3.8, 4) is 0 Å². The van der Waals surface area contributed by atoms with Crippen molar-refractivity contribution in [1.29, 1.82) is 0 Å². The molecular formula is C6H17N2NaO3. The Kier molecular flexibility index (Phi) is 17.2. The van der Waals surface area contributed by atoms with E-state index in [1.54, 1.807) is 0 Å². The second-order valence-electron chi connectivity index (χ2n) is 2.05. The summed E-state index contributed by atoms with van der Waals surface area (Å²) < 4.78 is 0. The first-order valence-electron chi connectivity index (χ1n) is 3.27. The number of carbonyl (C=O) groups is 1. The van der Waals surface area contributed by atoms with Gasteiger partial charge in [0.25, 0.3) is 0 Å². The van der Waals surface area contributed by atoms with Gasteiger partial charge in [0, 0.05) is 0 Å². The molecule has 70 valence electrons. The average molecular weight is 188 g/mol. The molecular weight excluding hydrogens is 171 g/mol. The number of aliphatic carboxylic acids is 1. The molecule has 0 aromatic rings. The fraction of sp³-hybridized carbons (Fsp3) is 0.833. The maximum absolute atomic E-state index is 9.93. The van der Waals surface area contributed by atoms with Gasteiger partial charge in [0.2, 0.25) is 0 Å². The maximum Gasteiger partial charge on any atom is 1.00 e. The topological polar surface area (TPSA) is 93.6 Å². The largest absolute Gasteiger partial charge is 1.00 e. The number of carboxylic acid groups (broad SMARTS) is 1. The van der Waals surface area contributed by atoms with Crippen LogP contribution < -0.4 is 41.2 Å². The van der Waals surface area contributed by atoms with E-state index < -0.39 is 5.97 Å². The minimum absolute atomic E-state index is 0. The summed E-state index contributed by atoms with van der Waals surface area (Å²) in [6.07, 6.45) is 0.937. The van der Waals surface area contributed by atoms with Gasteiger partial charge in [-0.2, -0.15) is 5.48 Å². The van der Waals surface area contributed by atoms with Crippen molar-refractivity contribution >= 4 is 5.97 Å². The van der Waals surface area contributed by atoms with Crippen LogP contribution in [0.5, 0.6) is 0 Å². The SMILES string of the molecule is CCC(C)ONCC(=O)O.N.[H-].[Na+]. The Morgan fingerprint density at radius 2 is 2.25 bits per heavy atom. The molecule has 6 heteroatoms. The van der Waals surface area contributed by atoms with Crippen molar-refractivity contribution in [3.05, 3.63) is 0 Å². The Morgan fingerprint density at radius 3 is 2.58 bits per heavy atom. The van der Waals surface area contributed by atoms with Gasteiger partial charge in [-0.3, -0.25) is 9.63 Å². The normalized spacial score (nSPS) is 10.8. The summed E-state index contributed by atoms with van der Waals surface area (Å²) in [6, 6.07) is 0. The van der Waals surface area contributed by atoms with Gasteiger partial charge in [-0.1, -0.05) is 6.92 Å². The van der Waals surface area contributed by atoms with Crippen LogP contribution in [0.15, 0.2) is 0 Å². The number of hydroxylamine groups is 1. The summed E-state index contributed by atoms with van der Waals surface area (Å²) in [5.41, 5.74) is 2.34. The number of carboxylic acids is 1. The van der Waals surface area contributed by atoms with Crippen LogP contribution in [-0.4, -0.2) is 23.7 Å². The molecule has 1 unspecified atom stereocenters. The van der Waals surface area contributed by atoms with Crippen molar-refractivity contribution in [2.75, 3.05) is 6.54 Å². The zero-order chi connectivity index (χ0) is 7.98. The van der Waals surface area contributed by atoms with Crippen molar-refractivity contribution in [3.63, 3.8) is 0 Å². The maximum atomic E-state index is 9.93. The Morgan fingerprint density at radius 1 is 1.75 bits per heavy atom. The van der Waals surface area contributed by atoms with E-state index >= 15 is 0 Å². The number of hydrogen-bond acceptors (Lipinski definition) is 4. The first kappa shape index (κ1) is 18.2. The van der Waals surface area contributed by atoms with Crippen LogP contribution in [0.1, 0.15) is 21.7 Å². The molecule has 0 amide bonds. The molecule has 0 aromatic heterocycles. The number of nitrogens with one attached hydrogen (secondary N) is 1. The molecule has 5 nitrogen and oxygen atoms in total. The second-order valence-corrected chi connectivity index (χ2v) is 2.05. The van der Waals surface area contributed by atoms with Gasteiger partial charge in [0.05, 0.1) is 6.10 Å². The van der Waals surface area contributed by atoms with Crippen molar-refractivity contribution in [1.82, 2.24) is 11.6 Å². The quantitative estimate of drug-likeness (QED) is 0.332. The van der Waals surface area contributed by atoms with E-state index in [1.807, 2.05) is 13.8 Å². The molecule has 0 aliphatic heterocycles. The molecule has 0 rings (SSSR count). The molecule has 0 bridgehead atoms. The van der Waals surface area contributed by atoms with Gasteiger partial charge in [-0.15, -0.1) is 0 Å². The number of hydrogen-bond donors (Lipinski definition) is 3. The summed E-state index contributed by atoms with van der Waals surface area (Å²) in [7, 11) is 0.